The molecule has 2 amide bonds. The van der Waals surface area contributed by atoms with E-state index in [-0.39, 0.29) is 42.7 Å². The summed E-state index contributed by atoms with van der Waals surface area (Å²) in [7, 11) is 0. The Bertz CT molecular complexity index is 1160. The summed E-state index contributed by atoms with van der Waals surface area (Å²) in [6, 6.07) is 6.33. The monoisotopic (exact) mass is 535 g/mol. The summed E-state index contributed by atoms with van der Waals surface area (Å²) >= 11 is 0. The van der Waals surface area contributed by atoms with Crippen molar-refractivity contribution in [2.24, 2.45) is 11.7 Å². The SMILES string of the molecule is CC(C)[C@@H](Oc1ccc(CNC(=O)[C@@H]2CCCN2C(=O)CC(N)Cc2cc(F)c(F)cc2F)cc1)C(=O)O. The zero-order chi connectivity index (χ0) is 28.0. The van der Waals surface area contributed by atoms with E-state index in [0.29, 0.717) is 31.2 Å². The van der Waals surface area contributed by atoms with Gasteiger partial charge in [0, 0.05) is 37.5 Å². The smallest absolute Gasteiger partial charge is 0.345 e. The van der Waals surface area contributed by atoms with Crippen molar-refractivity contribution in [3.8, 4) is 5.75 Å². The predicted molar refractivity (Wildman–Crippen MR) is 133 cm³/mol. The second kappa shape index (κ2) is 12.8. The molecule has 1 aliphatic heterocycles. The van der Waals surface area contributed by atoms with Crippen LogP contribution in [0.2, 0.25) is 0 Å². The molecule has 8 nitrogen and oxygen atoms in total. The Hall–Kier alpha value is -3.60. The summed E-state index contributed by atoms with van der Waals surface area (Å²) in [5.41, 5.74) is 6.62. The van der Waals surface area contributed by atoms with Gasteiger partial charge in [-0.25, -0.2) is 18.0 Å². The number of nitrogens with zero attached hydrogens (tertiary/aromatic N) is 1. The van der Waals surface area contributed by atoms with Crippen LogP contribution in [-0.2, 0) is 27.3 Å². The minimum Gasteiger partial charge on any atom is -0.478 e. The molecule has 0 aliphatic carbocycles. The highest BCUT2D eigenvalue weighted by Gasteiger charge is 2.34. The number of amides is 2. The molecule has 0 radical (unpaired) electrons. The standard InChI is InChI=1S/C27H32F3N3O5/c1-15(2)25(27(36)37)38-19-7-5-16(6-8-19)14-32-26(35)23-4-3-9-33(23)24(34)12-18(31)10-17-11-21(29)22(30)13-20(17)28/h5-8,11,13,15,18,23,25H,3-4,9-10,12,14,31H2,1-2H3,(H,32,35)(H,36,37)/t18?,23-,25+/m0/s1. The van der Waals surface area contributed by atoms with Crippen molar-refractivity contribution in [3.63, 3.8) is 0 Å². The number of carboxylic acid groups (broad SMARTS) is 1. The number of likely N-dealkylation sites (tertiary alicyclic amines) is 1. The quantitative estimate of drug-likeness (QED) is 0.380. The highest BCUT2D eigenvalue weighted by Crippen LogP contribution is 2.21. The molecular weight excluding hydrogens is 503 g/mol. The van der Waals surface area contributed by atoms with Gasteiger partial charge >= 0.3 is 5.97 Å². The van der Waals surface area contributed by atoms with Gasteiger partial charge in [0.05, 0.1) is 0 Å². The summed E-state index contributed by atoms with van der Waals surface area (Å²) in [6.07, 6.45) is -0.219. The van der Waals surface area contributed by atoms with Gasteiger partial charge in [0.25, 0.3) is 0 Å². The zero-order valence-corrected chi connectivity index (χ0v) is 21.3. The van der Waals surface area contributed by atoms with Crippen molar-refractivity contribution >= 4 is 17.8 Å². The third kappa shape index (κ3) is 7.47. The van der Waals surface area contributed by atoms with E-state index in [4.69, 9.17) is 10.5 Å². The number of hydrogen-bond acceptors (Lipinski definition) is 5. The fourth-order valence-electron chi connectivity index (χ4n) is 4.37. The first-order valence-electron chi connectivity index (χ1n) is 12.4. The molecule has 1 heterocycles. The molecule has 38 heavy (non-hydrogen) atoms. The van der Waals surface area contributed by atoms with Gasteiger partial charge in [-0.05, 0) is 48.6 Å². The van der Waals surface area contributed by atoms with Crippen molar-refractivity contribution in [1.29, 1.82) is 0 Å². The van der Waals surface area contributed by atoms with Gasteiger partial charge in [-0.3, -0.25) is 9.59 Å². The molecule has 206 valence electrons. The number of halogens is 3. The van der Waals surface area contributed by atoms with Crippen molar-refractivity contribution in [2.45, 2.75) is 64.3 Å². The van der Waals surface area contributed by atoms with Crippen LogP contribution >= 0.6 is 0 Å². The van der Waals surface area contributed by atoms with E-state index in [9.17, 15) is 32.7 Å². The number of nitrogens with two attached hydrogens (primary N) is 1. The second-order valence-electron chi connectivity index (χ2n) is 9.75. The lowest BCUT2D eigenvalue weighted by Crippen LogP contribution is -2.47. The average Bonchev–Trinajstić information content (AvgIpc) is 3.35. The highest BCUT2D eigenvalue weighted by molar-refractivity contribution is 5.88. The van der Waals surface area contributed by atoms with E-state index in [2.05, 4.69) is 5.32 Å². The molecule has 3 rings (SSSR count). The van der Waals surface area contributed by atoms with E-state index >= 15 is 0 Å². The minimum absolute atomic E-state index is 0.126. The number of benzene rings is 2. The Morgan fingerprint density at radius 2 is 1.76 bits per heavy atom. The molecule has 0 bridgehead atoms. The van der Waals surface area contributed by atoms with Gasteiger partial charge in [-0.15, -0.1) is 0 Å². The van der Waals surface area contributed by atoms with Crippen LogP contribution in [0.25, 0.3) is 0 Å². The zero-order valence-electron chi connectivity index (χ0n) is 21.3. The largest absolute Gasteiger partial charge is 0.478 e. The maximum Gasteiger partial charge on any atom is 0.345 e. The lowest BCUT2D eigenvalue weighted by atomic mass is 10.0. The average molecular weight is 536 g/mol. The van der Waals surface area contributed by atoms with E-state index in [1.165, 1.54) is 4.90 Å². The van der Waals surface area contributed by atoms with Crippen LogP contribution in [-0.4, -0.2) is 52.5 Å². The highest BCUT2D eigenvalue weighted by atomic mass is 19.2. The summed E-state index contributed by atoms with van der Waals surface area (Å²) in [6.45, 7) is 4.06. The molecule has 4 N–H and O–H groups in total. The van der Waals surface area contributed by atoms with E-state index in [1.807, 2.05) is 0 Å². The Morgan fingerprint density at radius 1 is 1.11 bits per heavy atom. The maximum atomic E-state index is 13.9. The number of carbonyl (C=O) groups excluding carboxylic acids is 2. The fraction of sp³-hybridized carbons (Fsp3) is 0.444. The number of carbonyl (C=O) groups is 3. The molecule has 1 saturated heterocycles. The Labute approximate surface area is 218 Å². The number of ether oxygens (including phenoxy) is 1. The molecule has 1 unspecified atom stereocenters. The fourth-order valence-corrected chi connectivity index (χ4v) is 4.37. The van der Waals surface area contributed by atoms with Crippen LogP contribution in [0.1, 0.15) is 44.2 Å². The van der Waals surface area contributed by atoms with Crippen LogP contribution in [0, 0.1) is 23.4 Å². The van der Waals surface area contributed by atoms with Crippen molar-refractivity contribution in [3.05, 3.63) is 65.0 Å². The maximum absolute atomic E-state index is 13.9. The number of carboxylic acids is 1. The summed E-state index contributed by atoms with van der Waals surface area (Å²) in [5.74, 6) is -5.02. The van der Waals surface area contributed by atoms with E-state index in [0.717, 1.165) is 11.6 Å². The first kappa shape index (κ1) is 29.0. The lowest BCUT2D eigenvalue weighted by molar-refractivity contribution is -0.147. The molecular formula is C27H32F3N3O5. The van der Waals surface area contributed by atoms with Crippen molar-refractivity contribution < 1.29 is 37.4 Å². The van der Waals surface area contributed by atoms with Crippen LogP contribution in [0.5, 0.6) is 5.75 Å². The molecule has 1 fully saturated rings. The number of hydrogen-bond donors (Lipinski definition) is 3. The van der Waals surface area contributed by atoms with Gasteiger partial charge in [-0.2, -0.15) is 0 Å². The van der Waals surface area contributed by atoms with Gasteiger partial charge in [0.1, 0.15) is 17.6 Å². The third-order valence-electron chi connectivity index (χ3n) is 6.39. The van der Waals surface area contributed by atoms with Gasteiger partial charge < -0.3 is 25.8 Å². The number of nitrogens with one attached hydrogen (secondary N) is 1. The van der Waals surface area contributed by atoms with Crippen LogP contribution in [0.3, 0.4) is 0 Å². The minimum atomic E-state index is -1.30. The Morgan fingerprint density at radius 3 is 2.39 bits per heavy atom. The van der Waals surface area contributed by atoms with Crippen molar-refractivity contribution in [2.75, 3.05) is 6.54 Å². The molecule has 2 aromatic rings. The molecule has 1 aliphatic rings. The molecule has 0 spiro atoms. The summed E-state index contributed by atoms with van der Waals surface area (Å²) < 4.78 is 46.0. The molecule has 2 aromatic carbocycles. The van der Waals surface area contributed by atoms with Crippen LogP contribution in [0.4, 0.5) is 13.2 Å². The normalized spacial score (nSPS) is 16.8. The summed E-state index contributed by atoms with van der Waals surface area (Å²) in [5, 5.41) is 12.1. The van der Waals surface area contributed by atoms with Gasteiger partial charge in [0.15, 0.2) is 17.7 Å². The number of rotatable bonds is 11. The summed E-state index contributed by atoms with van der Waals surface area (Å²) in [4.78, 5) is 38.4. The molecule has 3 atom stereocenters. The van der Waals surface area contributed by atoms with Gasteiger partial charge in [-0.1, -0.05) is 26.0 Å². The molecule has 0 saturated carbocycles. The number of aliphatic carboxylic acids is 1. The van der Waals surface area contributed by atoms with Crippen molar-refractivity contribution in [1.82, 2.24) is 10.2 Å². The van der Waals surface area contributed by atoms with E-state index in [1.54, 1.807) is 38.1 Å². The predicted octanol–water partition coefficient (Wildman–Crippen LogP) is 3.16. The third-order valence-corrected chi connectivity index (χ3v) is 6.39. The molecule has 0 aromatic heterocycles. The van der Waals surface area contributed by atoms with Crippen LogP contribution in [0.15, 0.2) is 36.4 Å². The molecule has 11 heteroatoms. The first-order valence-corrected chi connectivity index (χ1v) is 12.4. The van der Waals surface area contributed by atoms with E-state index < -0.39 is 41.6 Å². The second-order valence-corrected chi connectivity index (χ2v) is 9.75. The topological polar surface area (TPSA) is 122 Å². The van der Waals surface area contributed by atoms with Gasteiger partial charge in [0.2, 0.25) is 11.8 Å². The van der Waals surface area contributed by atoms with Crippen LogP contribution < -0.4 is 15.8 Å². The Kier molecular flexibility index (Phi) is 9.73. The Balaban J connectivity index is 1.52. The first-order chi connectivity index (χ1) is 18.0. The lowest BCUT2D eigenvalue weighted by Gasteiger charge is -2.25.